The zero-order valence-corrected chi connectivity index (χ0v) is 4.85. The van der Waals surface area contributed by atoms with Crippen LogP contribution < -0.4 is 10.7 Å². The van der Waals surface area contributed by atoms with Crippen LogP contribution in [0, 0.1) is 0 Å². The van der Waals surface area contributed by atoms with Gasteiger partial charge in [0.15, 0.2) is 0 Å². The summed E-state index contributed by atoms with van der Waals surface area (Å²) >= 11 is 3.90. The summed E-state index contributed by atoms with van der Waals surface area (Å²) in [7, 11) is 0. The smallest absolute Gasteiger partial charge is 0.320 e. The Hall–Kier alpha value is -0.710. The first-order valence-corrected chi connectivity index (χ1v) is 2.58. The van der Waals surface area contributed by atoms with Crippen LogP contribution >= 0.6 is 12.6 Å². The minimum Gasteiger partial charge on any atom is -0.320 e. The topological polar surface area (TPSA) is 53.5 Å². The standard InChI is InChI=1S/C3H5N3OS/c7-3-5-2(8)1-4-6-3/h1-2,8H,(H2,5,6,7). The van der Waals surface area contributed by atoms with Gasteiger partial charge in [0.2, 0.25) is 0 Å². The lowest BCUT2D eigenvalue weighted by molar-refractivity contribution is 0.241. The van der Waals surface area contributed by atoms with E-state index in [1.165, 1.54) is 6.21 Å². The number of thiol groups is 1. The monoisotopic (exact) mass is 131 g/mol. The molecule has 2 N–H and O–H groups in total. The summed E-state index contributed by atoms with van der Waals surface area (Å²) in [6, 6.07) is -0.312. The minimum absolute atomic E-state index is 0.247. The number of carbonyl (C=O) groups is 1. The van der Waals surface area contributed by atoms with Gasteiger partial charge in [0.25, 0.3) is 0 Å². The number of hydrazone groups is 1. The maximum Gasteiger partial charge on any atom is 0.336 e. The van der Waals surface area contributed by atoms with Crippen LogP contribution in [0.3, 0.4) is 0 Å². The molecule has 4 nitrogen and oxygen atoms in total. The van der Waals surface area contributed by atoms with Crippen LogP contribution in [0.4, 0.5) is 4.79 Å². The van der Waals surface area contributed by atoms with E-state index >= 15 is 0 Å². The molecule has 1 heterocycles. The Labute approximate surface area is 51.7 Å². The van der Waals surface area contributed by atoms with Crippen molar-refractivity contribution in [1.82, 2.24) is 10.7 Å². The second-order valence-corrected chi connectivity index (χ2v) is 1.86. The lowest BCUT2D eigenvalue weighted by atomic mass is 10.6. The molecule has 1 unspecified atom stereocenters. The maximum absolute atomic E-state index is 10.3. The van der Waals surface area contributed by atoms with Crippen molar-refractivity contribution in [3.8, 4) is 0 Å². The van der Waals surface area contributed by atoms with Crippen LogP contribution in [0.2, 0.25) is 0 Å². The van der Waals surface area contributed by atoms with Crippen molar-refractivity contribution in [2.75, 3.05) is 0 Å². The van der Waals surface area contributed by atoms with Crippen molar-refractivity contribution in [2.45, 2.75) is 5.37 Å². The molecule has 0 aromatic heterocycles. The molecule has 2 amide bonds. The fourth-order valence-electron chi connectivity index (χ4n) is 0.370. The normalized spacial score (nSPS) is 26.6. The quantitative estimate of drug-likeness (QED) is 0.383. The Morgan fingerprint density at radius 1 is 1.88 bits per heavy atom. The Balaban J connectivity index is 2.54. The van der Waals surface area contributed by atoms with Gasteiger partial charge in [0, 0.05) is 0 Å². The van der Waals surface area contributed by atoms with Crippen LogP contribution in [0.15, 0.2) is 5.10 Å². The van der Waals surface area contributed by atoms with Crippen LogP contribution in [-0.4, -0.2) is 17.6 Å². The molecule has 0 saturated carbocycles. The highest BCUT2D eigenvalue weighted by molar-refractivity contribution is 7.81. The first kappa shape index (κ1) is 5.43. The molecule has 0 fully saturated rings. The molecule has 1 atom stereocenters. The van der Waals surface area contributed by atoms with Gasteiger partial charge >= 0.3 is 6.03 Å². The van der Waals surface area contributed by atoms with E-state index in [9.17, 15) is 4.79 Å². The van der Waals surface area contributed by atoms with Gasteiger partial charge in [-0.25, -0.2) is 10.2 Å². The number of nitrogens with one attached hydrogen (secondary N) is 2. The molecule has 1 aliphatic rings. The number of amides is 2. The highest BCUT2D eigenvalue weighted by Gasteiger charge is 2.07. The van der Waals surface area contributed by atoms with Crippen molar-refractivity contribution in [3.05, 3.63) is 0 Å². The lowest BCUT2D eigenvalue weighted by Crippen LogP contribution is -2.42. The number of hydrogen-bond donors (Lipinski definition) is 3. The molecule has 0 bridgehead atoms. The molecule has 0 radical (unpaired) electrons. The van der Waals surface area contributed by atoms with Gasteiger partial charge < -0.3 is 5.32 Å². The van der Waals surface area contributed by atoms with Gasteiger partial charge in [-0.05, 0) is 0 Å². The number of rotatable bonds is 0. The van der Waals surface area contributed by atoms with E-state index in [-0.39, 0.29) is 11.4 Å². The summed E-state index contributed by atoms with van der Waals surface area (Å²) in [5, 5.41) is 5.67. The van der Waals surface area contributed by atoms with Crippen molar-refractivity contribution in [3.63, 3.8) is 0 Å². The van der Waals surface area contributed by atoms with Gasteiger partial charge in [-0.3, -0.25) is 0 Å². The third-order valence-electron chi connectivity index (χ3n) is 0.661. The predicted molar refractivity (Wildman–Crippen MR) is 32.9 cm³/mol. The van der Waals surface area contributed by atoms with Crippen LogP contribution in [0.25, 0.3) is 0 Å². The fraction of sp³-hybridized carbons (Fsp3) is 0.333. The molecule has 5 heteroatoms. The Morgan fingerprint density at radius 3 is 3.00 bits per heavy atom. The highest BCUT2D eigenvalue weighted by atomic mass is 32.1. The maximum atomic E-state index is 10.3. The number of hydrogen-bond acceptors (Lipinski definition) is 3. The van der Waals surface area contributed by atoms with E-state index in [2.05, 4.69) is 28.5 Å². The molecule has 1 rings (SSSR count). The molecule has 0 aliphatic carbocycles. The minimum atomic E-state index is -0.312. The number of nitrogens with zero attached hydrogens (tertiary/aromatic N) is 1. The van der Waals surface area contributed by atoms with E-state index in [1.807, 2.05) is 0 Å². The fourth-order valence-corrected chi connectivity index (χ4v) is 0.554. The van der Waals surface area contributed by atoms with Crippen LogP contribution in [-0.2, 0) is 0 Å². The molecule has 0 saturated heterocycles. The van der Waals surface area contributed by atoms with Crippen molar-refractivity contribution < 1.29 is 4.79 Å². The predicted octanol–water partition coefficient (Wildman–Crippen LogP) is -0.459. The van der Waals surface area contributed by atoms with Gasteiger partial charge in [-0.2, -0.15) is 5.10 Å². The van der Waals surface area contributed by atoms with Crippen LogP contribution in [0.5, 0.6) is 0 Å². The molecule has 0 aromatic carbocycles. The van der Waals surface area contributed by atoms with Crippen LogP contribution in [0.1, 0.15) is 0 Å². The summed E-state index contributed by atoms with van der Waals surface area (Å²) < 4.78 is 0. The first-order chi connectivity index (χ1) is 3.79. The first-order valence-electron chi connectivity index (χ1n) is 2.07. The van der Waals surface area contributed by atoms with Gasteiger partial charge in [0.1, 0.15) is 5.37 Å². The zero-order valence-electron chi connectivity index (χ0n) is 3.96. The average Bonchev–Trinajstić information content (AvgIpc) is 1.64. The summed E-state index contributed by atoms with van der Waals surface area (Å²) in [5.74, 6) is 0. The van der Waals surface area contributed by atoms with E-state index in [4.69, 9.17) is 0 Å². The molecule has 0 aromatic rings. The van der Waals surface area contributed by atoms with Crippen molar-refractivity contribution in [1.29, 1.82) is 0 Å². The Morgan fingerprint density at radius 2 is 2.62 bits per heavy atom. The third kappa shape index (κ3) is 1.13. The summed E-state index contributed by atoms with van der Waals surface area (Å²) in [4.78, 5) is 10.3. The van der Waals surface area contributed by atoms with Crippen molar-refractivity contribution in [2.24, 2.45) is 5.10 Å². The molecule has 44 valence electrons. The van der Waals surface area contributed by atoms with Gasteiger partial charge in [-0.1, -0.05) is 0 Å². The third-order valence-corrected chi connectivity index (χ3v) is 0.923. The molecular weight excluding hydrogens is 126 g/mol. The van der Waals surface area contributed by atoms with Crippen molar-refractivity contribution >= 4 is 24.9 Å². The lowest BCUT2D eigenvalue weighted by Gasteiger charge is -2.11. The average molecular weight is 131 g/mol. The zero-order chi connectivity index (χ0) is 5.98. The van der Waals surface area contributed by atoms with Gasteiger partial charge in [0.05, 0.1) is 6.21 Å². The molecular formula is C3H5N3OS. The second kappa shape index (κ2) is 2.04. The molecule has 1 aliphatic heterocycles. The summed E-state index contributed by atoms with van der Waals surface area (Å²) in [6.07, 6.45) is 1.49. The summed E-state index contributed by atoms with van der Waals surface area (Å²) in [5.41, 5.74) is 2.18. The number of carbonyl (C=O) groups excluding carboxylic acids is 1. The SMILES string of the molecule is O=C1NN=CC(S)N1. The van der Waals surface area contributed by atoms with E-state index in [0.717, 1.165) is 0 Å². The molecule has 8 heavy (non-hydrogen) atoms. The largest absolute Gasteiger partial charge is 0.336 e. The highest BCUT2D eigenvalue weighted by Crippen LogP contribution is 1.87. The van der Waals surface area contributed by atoms with E-state index in [0.29, 0.717) is 0 Å². The van der Waals surface area contributed by atoms with E-state index < -0.39 is 0 Å². The Bertz CT molecular complexity index is 134. The van der Waals surface area contributed by atoms with E-state index in [1.54, 1.807) is 0 Å². The number of urea groups is 1. The van der Waals surface area contributed by atoms with Gasteiger partial charge in [-0.15, -0.1) is 12.6 Å². The Kier molecular flexibility index (Phi) is 1.38. The summed E-state index contributed by atoms with van der Waals surface area (Å²) in [6.45, 7) is 0. The second-order valence-electron chi connectivity index (χ2n) is 1.31. The molecule has 0 spiro atoms.